The van der Waals surface area contributed by atoms with Gasteiger partial charge in [0, 0.05) is 31.7 Å². The monoisotopic (exact) mass is 466 g/mol. The fraction of sp³-hybridized carbons (Fsp3) is 0.385. The number of hydrogen-bond acceptors (Lipinski definition) is 7. The molecule has 0 saturated carbocycles. The Labute approximate surface area is 199 Å². The van der Waals surface area contributed by atoms with Crippen molar-refractivity contribution in [2.45, 2.75) is 13.0 Å². The maximum atomic E-state index is 13.2. The van der Waals surface area contributed by atoms with Crippen molar-refractivity contribution in [2.75, 3.05) is 53.6 Å². The summed E-state index contributed by atoms with van der Waals surface area (Å²) in [6.07, 6.45) is 0. The molecule has 2 aromatic rings. The largest absolute Gasteiger partial charge is 0.507 e. The Kier molecular flexibility index (Phi) is 7.19. The van der Waals surface area contributed by atoms with Crippen molar-refractivity contribution in [3.8, 4) is 11.5 Å². The standard InChI is InChI=1S/C26H30N2O6/c1-17-4-6-18(7-5-17)24(29)22-23(19-8-9-20(32-2)21(16-19)33-3)28(26(31)25(22)30)11-10-27-12-14-34-15-13-27/h4-9,16,23,29H,10-15H2,1-3H3/b24-22-. The summed E-state index contributed by atoms with van der Waals surface area (Å²) in [7, 11) is 3.08. The number of carbonyl (C=O) groups is 2. The van der Waals surface area contributed by atoms with Crippen LogP contribution in [0.1, 0.15) is 22.7 Å². The third kappa shape index (κ3) is 4.64. The van der Waals surface area contributed by atoms with Crippen LogP contribution >= 0.6 is 0 Å². The highest BCUT2D eigenvalue weighted by Crippen LogP contribution is 2.41. The number of aliphatic hydroxyl groups is 1. The maximum Gasteiger partial charge on any atom is 0.295 e. The highest BCUT2D eigenvalue weighted by molar-refractivity contribution is 6.46. The number of rotatable bonds is 7. The molecular weight excluding hydrogens is 436 g/mol. The molecule has 34 heavy (non-hydrogen) atoms. The van der Waals surface area contributed by atoms with Crippen LogP contribution in [0.4, 0.5) is 0 Å². The summed E-state index contributed by atoms with van der Waals surface area (Å²) in [6, 6.07) is 11.7. The van der Waals surface area contributed by atoms with Crippen molar-refractivity contribution < 1.29 is 28.9 Å². The first kappa shape index (κ1) is 23.8. The van der Waals surface area contributed by atoms with Gasteiger partial charge in [0.2, 0.25) is 0 Å². The lowest BCUT2D eigenvalue weighted by molar-refractivity contribution is -0.140. The molecule has 0 radical (unpaired) electrons. The number of morpholine rings is 1. The number of aryl methyl sites for hydroxylation is 1. The van der Waals surface area contributed by atoms with E-state index in [-0.39, 0.29) is 11.3 Å². The van der Waals surface area contributed by atoms with Crippen molar-refractivity contribution in [2.24, 2.45) is 0 Å². The highest BCUT2D eigenvalue weighted by atomic mass is 16.5. The second-order valence-electron chi connectivity index (χ2n) is 8.43. The van der Waals surface area contributed by atoms with Crippen molar-refractivity contribution in [1.82, 2.24) is 9.80 Å². The lowest BCUT2D eigenvalue weighted by atomic mass is 9.94. The topological polar surface area (TPSA) is 88.5 Å². The normalized spacial score (nSPS) is 20.6. The SMILES string of the molecule is COc1ccc(C2/C(=C(/O)c3ccc(C)cc3)C(=O)C(=O)N2CCN2CCOCC2)cc1OC. The van der Waals surface area contributed by atoms with Gasteiger partial charge in [0.05, 0.1) is 39.0 Å². The van der Waals surface area contributed by atoms with Gasteiger partial charge in [-0.15, -0.1) is 0 Å². The van der Waals surface area contributed by atoms with E-state index in [4.69, 9.17) is 14.2 Å². The van der Waals surface area contributed by atoms with Gasteiger partial charge in [-0.3, -0.25) is 14.5 Å². The van der Waals surface area contributed by atoms with Crippen LogP contribution in [-0.2, 0) is 14.3 Å². The quantitative estimate of drug-likeness (QED) is 0.381. The van der Waals surface area contributed by atoms with Crippen LogP contribution in [0, 0.1) is 6.92 Å². The minimum Gasteiger partial charge on any atom is -0.507 e. The second-order valence-corrected chi connectivity index (χ2v) is 8.43. The molecule has 1 unspecified atom stereocenters. The van der Waals surface area contributed by atoms with Crippen LogP contribution < -0.4 is 9.47 Å². The molecule has 0 bridgehead atoms. The Hall–Kier alpha value is -3.36. The molecule has 2 saturated heterocycles. The average molecular weight is 467 g/mol. The number of ether oxygens (including phenoxy) is 3. The van der Waals surface area contributed by atoms with Gasteiger partial charge >= 0.3 is 0 Å². The third-order valence-electron chi connectivity index (χ3n) is 6.35. The summed E-state index contributed by atoms with van der Waals surface area (Å²) >= 11 is 0. The highest BCUT2D eigenvalue weighted by Gasteiger charge is 2.46. The van der Waals surface area contributed by atoms with Gasteiger partial charge < -0.3 is 24.2 Å². The summed E-state index contributed by atoms with van der Waals surface area (Å²) in [5, 5.41) is 11.2. The van der Waals surface area contributed by atoms with Crippen molar-refractivity contribution in [3.05, 3.63) is 64.7 Å². The molecule has 2 fully saturated rings. The number of benzene rings is 2. The van der Waals surface area contributed by atoms with Crippen LogP contribution in [0.3, 0.4) is 0 Å². The van der Waals surface area contributed by atoms with Gasteiger partial charge in [0.1, 0.15) is 5.76 Å². The number of carbonyl (C=O) groups excluding carboxylic acids is 2. The predicted molar refractivity (Wildman–Crippen MR) is 127 cm³/mol. The third-order valence-corrected chi connectivity index (χ3v) is 6.35. The van der Waals surface area contributed by atoms with E-state index in [1.807, 2.05) is 19.1 Å². The van der Waals surface area contributed by atoms with Gasteiger partial charge in [-0.2, -0.15) is 0 Å². The molecule has 0 spiro atoms. The molecule has 2 heterocycles. The molecule has 2 aromatic carbocycles. The Balaban J connectivity index is 1.77. The Morgan fingerprint density at radius 1 is 1.00 bits per heavy atom. The molecule has 0 aliphatic carbocycles. The van der Waals surface area contributed by atoms with E-state index in [0.29, 0.717) is 48.9 Å². The van der Waals surface area contributed by atoms with Gasteiger partial charge in [0.25, 0.3) is 11.7 Å². The van der Waals surface area contributed by atoms with E-state index >= 15 is 0 Å². The summed E-state index contributed by atoms with van der Waals surface area (Å²) in [5.41, 5.74) is 2.25. The molecule has 2 aliphatic rings. The number of Topliss-reactive ketones (excluding diaryl/α,β-unsaturated/α-hetero) is 1. The summed E-state index contributed by atoms with van der Waals surface area (Å²) in [4.78, 5) is 30.1. The number of nitrogens with zero attached hydrogens (tertiary/aromatic N) is 2. The molecule has 8 heteroatoms. The first-order valence-electron chi connectivity index (χ1n) is 11.3. The van der Waals surface area contributed by atoms with Gasteiger partial charge in [-0.25, -0.2) is 0 Å². The van der Waals surface area contributed by atoms with E-state index in [1.165, 1.54) is 7.11 Å². The number of likely N-dealkylation sites (tertiary alicyclic amines) is 1. The first-order valence-corrected chi connectivity index (χ1v) is 11.3. The first-order chi connectivity index (χ1) is 16.4. The lowest BCUT2D eigenvalue weighted by Gasteiger charge is -2.31. The zero-order valence-corrected chi connectivity index (χ0v) is 19.7. The summed E-state index contributed by atoms with van der Waals surface area (Å²) in [5.74, 6) is -0.488. The maximum absolute atomic E-state index is 13.2. The van der Waals surface area contributed by atoms with E-state index in [1.54, 1.807) is 42.3 Å². The number of amides is 1. The van der Waals surface area contributed by atoms with Gasteiger partial charge in [-0.05, 0) is 24.6 Å². The zero-order valence-electron chi connectivity index (χ0n) is 19.7. The fourth-order valence-electron chi connectivity index (χ4n) is 4.42. The molecular formula is C26H30N2O6. The minimum absolute atomic E-state index is 0.0723. The minimum atomic E-state index is -0.748. The van der Waals surface area contributed by atoms with Crippen LogP contribution in [-0.4, -0.2) is 80.2 Å². The van der Waals surface area contributed by atoms with Crippen molar-refractivity contribution in [1.29, 1.82) is 0 Å². The van der Waals surface area contributed by atoms with E-state index in [2.05, 4.69) is 4.90 Å². The van der Waals surface area contributed by atoms with Gasteiger partial charge in [0.15, 0.2) is 11.5 Å². The molecule has 2 aliphatic heterocycles. The number of aliphatic hydroxyl groups excluding tert-OH is 1. The predicted octanol–water partition coefficient (Wildman–Crippen LogP) is 2.77. The number of ketones is 1. The molecule has 1 amide bonds. The molecule has 180 valence electrons. The van der Waals surface area contributed by atoms with Crippen LogP contribution in [0.5, 0.6) is 11.5 Å². The molecule has 1 atom stereocenters. The second kappa shape index (κ2) is 10.3. The molecule has 8 nitrogen and oxygen atoms in total. The van der Waals surface area contributed by atoms with E-state index in [0.717, 1.165) is 18.7 Å². The smallest absolute Gasteiger partial charge is 0.295 e. The van der Waals surface area contributed by atoms with Gasteiger partial charge in [-0.1, -0.05) is 35.9 Å². The Bertz CT molecular complexity index is 1090. The van der Waals surface area contributed by atoms with Crippen LogP contribution in [0.15, 0.2) is 48.0 Å². The van der Waals surface area contributed by atoms with E-state index < -0.39 is 17.7 Å². The molecule has 0 aromatic heterocycles. The average Bonchev–Trinajstić information content (AvgIpc) is 3.12. The Morgan fingerprint density at radius 2 is 1.68 bits per heavy atom. The number of hydrogen-bond donors (Lipinski definition) is 1. The zero-order chi connectivity index (χ0) is 24.2. The lowest BCUT2D eigenvalue weighted by Crippen LogP contribution is -2.42. The summed E-state index contributed by atoms with van der Waals surface area (Å²) in [6.45, 7) is 5.72. The molecule has 1 N–H and O–H groups in total. The Morgan fingerprint density at radius 3 is 2.32 bits per heavy atom. The van der Waals surface area contributed by atoms with Crippen LogP contribution in [0.25, 0.3) is 5.76 Å². The van der Waals surface area contributed by atoms with Crippen LogP contribution in [0.2, 0.25) is 0 Å². The van der Waals surface area contributed by atoms with E-state index in [9.17, 15) is 14.7 Å². The van der Waals surface area contributed by atoms with Crippen molar-refractivity contribution in [3.63, 3.8) is 0 Å². The van der Waals surface area contributed by atoms with Crippen molar-refractivity contribution >= 4 is 17.4 Å². The fourth-order valence-corrected chi connectivity index (χ4v) is 4.42. The number of methoxy groups -OCH3 is 2. The summed E-state index contributed by atoms with van der Waals surface area (Å²) < 4.78 is 16.2. The molecule has 4 rings (SSSR count).